The van der Waals surface area contributed by atoms with E-state index in [2.05, 4.69) is 26.4 Å². The number of imidazole rings is 1. The zero-order valence-corrected chi connectivity index (χ0v) is 10.9. The van der Waals surface area contributed by atoms with E-state index >= 15 is 0 Å². The lowest BCUT2D eigenvalue weighted by atomic mass is 10.4. The highest BCUT2D eigenvalue weighted by atomic mass is 32.1. The molecule has 0 aliphatic carbocycles. The van der Waals surface area contributed by atoms with E-state index in [1.54, 1.807) is 11.3 Å². The van der Waals surface area contributed by atoms with E-state index in [0.717, 1.165) is 30.4 Å². The van der Waals surface area contributed by atoms with Crippen LogP contribution < -0.4 is 5.32 Å². The van der Waals surface area contributed by atoms with E-state index in [1.165, 1.54) is 4.88 Å². The van der Waals surface area contributed by atoms with Gasteiger partial charge in [0.15, 0.2) is 0 Å². The van der Waals surface area contributed by atoms with Crippen molar-refractivity contribution in [2.45, 2.75) is 20.4 Å². The lowest BCUT2D eigenvalue weighted by molar-refractivity contribution is 0.806. The molecule has 5 heteroatoms. The second-order valence-corrected chi connectivity index (χ2v) is 4.80. The summed E-state index contributed by atoms with van der Waals surface area (Å²) in [7, 11) is 0. The van der Waals surface area contributed by atoms with Crippen LogP contribution in [0, 0.1) is 13.8 Å². The zero-order valence-electron chi connectivity index (χ0n) is 10.1. The number of hydrogen-bond acceptors (Lipinski definition) is 4. The van der Waals surface area contributed by atoms with Crippen molar-refractivity contribution < 1.29 is 0 Å². The fourth-order valence-corrected chi connectivity index (χ4v) is 2.38. The van der Waals surface area contributed by atoms with Gasteiger partial charge in [-0.3, -0.25) is 0 Å². The molecule has 0 amide bonds. The summed E-state index contributed by atoms with van der Waals surface area (Å²) >= 11 is 1.68. The Bertz CT molecular complexity index is 512. The summed E-state index contributed by atoms with van der Waals surface area (Å²) in [6, 6.07) is 0. The molecule has 17 heavy (non-hydrogen) atoms. The van der Waals surface area contributed by atoms with Crippen molar-refractivity contribution >= 4 is 17.3 Å². The van der Waals surface area contributed by atoms with Gasteiger partial charge < -0.3 is 9.88 Å². The van der Waals surface area contributed by atoms with Crippen molar-refractivity contribution in [1.29, 1.82) is 0 Å². The van der Waals surface area contributed by atoms with Gasteiger partial charge in [-0.05, 0) is 13.8 Å². The van der Waals surface area contributed by atoms with Crippen molar-refractivity contribution in [3.05, 3.63) is 40.6 Å². The highest BCUT2D eigenvalue weighted by molar-refractivity contribution is 7.09. The summed E-state index contributed by atoms with van der Waals surface area (Å²) in [6.45, 7) is 9.26. The molecule has 90 valence electrons. The van der Waals surface area contributed by atoms with E-state index < -0.39 is 0 Å². The molecule has 0 fully saturated rings. The van der Waals surface area contributed by atoms with Crippen molar-refractivity contribution in [2.24, 2.45) is 0 Å². The van der Waals surface area contributed by atoms with Gasteiger partial charge in [-0.15, -0.1) is 17.9 Å². The summed E-state index contributed by atoms with van der Waals surface area (Å²) in [5.74, 6) is 0.884. The fourth-order valence-electron chi connectivity index (χ4n) is 1.60. The number of aromatic nitrogens is 3. The summed E-state index contributed by atoms with van der Waals surface area (Å²) in [4.78, 5) is 9.97. The minimum Gasteiger partial charge on any atom is -0.352 e. The Labute approximate surface area is 105 Å². The maximum absolute atomic E-state index is 4.45. The van der Waals surface area contributed by atoms with Crippen LogP contribution in [0.25, 0.3) is 0 Å². The molecule has 4 nitrogen and oxygen atoms in total. The number of anilines is 1. The second-order valence-electron chi connectivity index (χ2n) is 3.86. The Balaban J connectivity index is 2.20. The van der Waals surface area contributed by atoms with Gasteiger partial charge >= 0.3 is 0 Å². The molecule has 0 spiro atoms. The molecule has 0 bridgehead atoms. The molecule has 2 heterocycles. The van der Waals surface area contributed by atoms with E-state index in [-0.39, 0.29) is 0 Å². The predicted molar refractivity (Wildman–Crippen MR) is 71.6 cm³/mol. The topological polar surface area (TPSA) is 42.7 Å². The molecule has 2 rings (SSSR count). The van der Waals surface area contributed by atoms with Gasteiger partial charge in [-0.2, -0.15) is 0 Å². The molecular weight excluding hydrogens is 232 g/mol. The zero-order chi connectivity index (χ0) is 12.3. The van der Waals surface area contributed by atoms with Crippen LogP contribution in [0.1, 0.15) is 16.3 Å². The van der Waals surface area contributed by atoms with Crippen molar-refractivity contribution in [3.63, 3.8) is 0 Å². The third-order valence-corrected chi connectivity index (χ3v) is 3.38. The molecule has 0 saturated carbocycles. The van der Waals surface area contributed by atoms with Gasteiger partial charge in [0.2, 0.25) is 5.95 Å². The van der Waals surface area contributed by atoms with Gasteiger partial charge in [0.1, 0.15) is 0 Å². The summed E-state index contributed by atoms with van der Waals surface area (Å²) in [5, 5.41) is 3.23. The Morgan fingerprint density at radius 3 is 3.00 bits per heavy atom. The molecule has 0 aromatic carbocycles. The van der Waals surface area contributed by atoms with Crippen LogP contribution >= 0.6 is 11.3 Å². The Morgan fingerprint density at radius 2 is 2.35 bits per heavy atom. The molecule has 2 aromatic heterocycles. The fraction of sp³-hybridized carbons (Fsp3) is 0.333. The van der Waals surface area contributed by atoms with Gasteiger partial charge in [-0.1, -0.05) is 6.08 Å². The van der Waals surface area contributed by atoms with Gasteiger partial charge in [0.25, 0.3) is 0 Å². The first kappa shape index (κ1) is 11.9. The molecule has 0 aliphatic heterocycles. The van der Waals surface area contributed by atoms with Crippen molar-refractivity contribution in [3.8, 4) is 0 Å². The molecule has 0 saturated heterocycles. The Hall–Kier alpha value is -1.62. The maximum Gasteiger partial charge on any atom is 0.203 e. The van der Waals surface area contributed by atoms with E-state index in [1.807, 2.05) is 31.6 Å². The number of hydrogen-bond donors (Lipinski definition) is 1. The number of thiazole rings is 1. The monoisotopic (exact) mass is 248 g/mol. The SMILES string of the molecule is C=CCNc1nc(C)cn1Cc1scnc1C. The van der Waals surface area contributed by atoms with Crippen molar-refractivity contribution in [2.75, 3.05) is 11.9 Å². The predicted octanol–water partition coefficient (Wildman–Crippen LogP) is 2.60. The minimum atomic E-state index is 0.720. The van der Waals surface area contributed by atoms with Gasteiger partial charge in [0.05, 0.1) is 23.4 Å². The highest BCUT2D eigenvalue weighted by Crippen LogP contribution is 2.17. The van der Waals surface area contributed by atoms with E-state index in [0.29, 0.717) is 0 Å². The molecule has 2 aromatic rings. The number of rotatable bonds is 5. The van der Waals surface area contributed by atoms with Crippen LogP contribution in [0.3, 0.4) is 0 Å². The van der Waals surface area contributed by atoms with Crippen LogP contribution in [0.5, 0.6) is 0 Å². The van der Waals surface area contributed by atoms with Crippen LogP contribution in [-0.4, -0.2) is 21.1 Å². The lowest BCUT2D eigenvalue weighted by Crippen LogP contribution is -2.07. The third-order valence-electron chi connectivity index (χ3n) is 2.46. The number of nitrogens with zero attached hydrogens (tertiary/aromatic N) is 3. The highest BCUT2D eigenvalue weighted by Gasteiger charge is 2.08. The van der Waals surface area contributed by atoms with Gasteiger partial charge in [-0.25, -0.2) is 9.97 Å². The quantitative estimate of drug-likeness (QED) is 0.827. The van der Waals surface area contributed by atoms with Crippen LogP contribution in [0.4, 0.5) is 5.95 Å². The smallest absolute Gasteiger partial charge is 0.203 e. The van der Waals surface area contributed by atoms with Crippen molar-refractivity contribution in [1.82, 2.24) is 14.5 Å². The van der Waals surface area contributed by atoms with Crippen LogP contribution in [-0.2, 0) is 6.54 Å². The normalized spacial score (nSPS) is 10.5. The first-order valence-electron chi connectivity index (χ1n) is 5.48. The first-order chi connectivity index (χ1) is 8.20. The largest absolute Gasteiger partial charge is 0.352 e. The van der Waals surface area contributed by atoms with E-state index in [9.17, 15) is 0 Å². The van der Waals surface area contributed by atoms with Crippen LogP contribution in [0.2, 0.25) is 0 Å². The maximum atomic E-state index is 4.45. The minimum absolute atomic E-state index is 0.720. The number of nitrogens with one attached hydrogen (secondary N) is 1. The molecular formula is C12H16N4S. The number of aryl methyl sites for hydroxylation is 2. The summed E-state index contributed by atoms with van der Waals surface area (Å²) in [6.07, 6.45) is 3.87. The molecule has 0 unspecified atom stereocenters. The lowest BCUT2D eigenvalue weighted by Gasteiger charge is -2.07. The molecule has 1 N–H and O–H groups in total. The molecule has 0 aliphatic rings. The standard InChI is InChI=1S/C12H16N4S/c1-4-5-13-12-15-9(2)6-16(12)7-11-10(3)14-8-17-11/h4,6,8H,1,5,7H2,2-3H3,(H,13,15). The first-order valence-corrected chi connectivity index (χ1v) is 6.36. The van der Waals surface area contributed by atoms with Crippen LogP contribution in [0.15, 0.2) is 24.4 Å². The second kappa shape index (κ2) is 5.14. The summed E-state index contributed by atoms with van der Waals surface area (Å²) < 4.78 is 2.11. The van der Waals surface area contributed by atoms with Gasteiger partial charge in [0, 0.05) is 17.6 Å². The molecule has 0 atom stereocenters. The average molecular weight is 248 g/mol. The average Bonchev–Trinajstić information content (AvgIpc) is 2.84. The third kappa shape index (κ3) is 2.74. The van der Waals surface area contributed by atoms with E-state index in [4.69, 9.17) is 0 Å². The Morgan fingerprint density at radius 1 is 1.53 bits per heavy atom. The molecule has 0 radical (unpaired) electrons. The Kier molecular flexibility index (Phi) is 3.58. The summed E-state index contributed by atoms with van der Waals surface area (Å²) in [5.41, 5.74) is 3.99.